The van der Waals surface area contributed by atoms with Crippen molar-refractivity contribution in [2.75, 3.05) is 0 Å². The Kier molecular flexibility index (Phi) is 8.52. The maximum Gasteiger partial charge on any atom is -0.0216 e. The summed E-state index contributed by atoms with van der Waals surface area (Å²) in [6.07, 6.45) is 0. The standard InChI is InChI=1S/C11H16.C2H6.CH4/c1-8(2)11-6-5-9(3)7-10(11)4;1-2;/h5-8H,1-4H3;1-2H3;1H4. The molecule has 1 aromatic rings. The zero-order chi connectivity index (χ0) is 10.4. The van der Waals surface area contributed by atoms with Crippen LogP contribution in [-0.2, 0) is 0 Å². The third kappa shape index (κ3) is 4.45. The molecule has 0 saturated heterocycles. The third-order valence-corrected chi connectivity index (χ3v) is 2.05. The Morgan fingerprint density at radius 3 is 1.86 bits per heavy atom. The van der Waals surface area contributed by atoms with Crippen LogP contribution in [0.1, 0.15) is 57.7 Å². The molecular formula is C14H26. The van der Waals surface area contributed by atoms with Gasteiger partial charge >= 0.3 is 0 Å². The number of benzene rings is 1. The highest BCUT2D eigenvalue weighted by molar-refractivity contribution is 5.32. The van der Waals surface area contributed by atoms with Gasteiger partial charge in [0, 0.05) is 0 Å². The molecule has 0 aliphatic heterocycles. The van der Waals surface area contributed by atoms with E-state index in [2.05, 4.69) is 45.9 Å². The Morgan fingerprint density at radius 1 is 1.00 bits per heavy atom. The minimum absolute atomic E-state index is 0. The molecule has 0 fully saturated rings. The minimum Gasteiger partial charge on any atom is -0.0776 e. The van der Waals surface area contributed by atoms with Crippen molar-refractivity contribution >= 4 is 0 Å². The van der Waals surface area contributed by atoms with Crippen LogP contribution in [0.3, 0.4) is 0 Å². The Balaban J connectivity index is 0. The van der Waals surface area contributed by atoms with Crippen molar-refractivity contribution < 1.29 is 0 Å². The van der Waals surface area contributed by atoms with Crippen LogP contribution in [0, 0.1) is 13.8 Å². The van der Waals surface area contributed by atoms with Crippen molar-refractivity contribution in [3.8, 4) is 0 Å². The van der Waals surface area contributed by atoms with E-state index in [0.29, 0.717) is 5.92 Å². The minimum atomic E-state index is 0. The summed E-state index contributed by atoms with van der Waals surface area (Å²) in [6.45, 7) is 12.8. The van der Waals surface area contributed by atoms with Gasteiger partial charge in [0.05, 0.1) is 0 Å². The molecule has 14 heavy (non-hydrogen) atoms. The van der Waals surface area contributed by atoms with Crippen LogP contribution in [-0.4, -0.2) is 0 Å². The second-order valence-electron chi connectivity index (χ2n) is 3.51. The van der Waals surface area contributed by atoms with Gasteiger partial charge in [-0.2, -0.15) is 0 Å². The molecule has 0 radical (unpaired) electrons. The molecule has 0 atom stereocenters. The van der Waals surface area contributed by atoms with Crippen LogP contribution in [0.2, 0.25) is 0 Å². The van der Waals surface area contributed by atoms with E-state index in [0.717, 1.165) is 0 Å². The lowest BCUT2D eigenvalue weighted by Crippen LogP contribution is -1.91. The molecule has 0 bridgehead atoms. The van der Waals surface area contributed by atoms with Crippen molar-refractivity contribution in [1.29, 1.82) is 0 Å². The fourth-order valence-corrected chi connectivity index (χ4v) is 1.47. The fourth-order valence-electron chi connectivity index (χ4n) is 1.47. The first-order valence-electron chi connectivity index (χ1n) is 5.18. The lowest BCUT2D eigenvalue weighted by atomic mass is 9.97. The van der Waals surface area contributed by atoms with Crippen molar-refractivity contribution in [2.45, 2.75) is 54.9 Å². The van der Waals surface area contributed by atoms with Gasteiger partial charge in [-0.3, -0.25) is 0 Å². The number of rotatable bonds is 1. The van der Waals surface area contributed by atoms with Gasteiger partial charge < -0.3 is 0 Å². The summed E-state index contributed by atoms with van der Waals surface area (Å²) < 4.78 is 0. The highest BCUT2D eigenvalue weighted by Gasteiger charge is 2.01. The van der Waals surface area contributed by atoms with Crippen molar-refractivity contribution in [3.05, 3.63) is 34.9 Å². The Hall–Kier alpha value is -0.780. The quantitative estimate of drug-likeness (QED) is 0.584. The van der Waals surface area contributed by atoms with Crippen molar-refractivity contribution in [1.82, 2.24) is 0 Å². The van der Waals surface area contributed by atoms with Gasteiger partial charge in [0.15, 0.2) is 0 Å². The van der Waals surface area contributed by atoms with Gasteiger partial charge in [-0.15, -0.1) is 0 Å². The molecule has 0 N–H and O–H groups in total. The van der Waals surface area contributed by atoms with E-state index in [1.165, 1.54) is 16.7 Å². The van der Waals surface area contributed by atoms with Gasteiger partial charge in [-0.25, -0.2) is 0 Å². The van der Waals surface area contributed by atoms with Crippen LogP contribution in [0.25, 0.3) is 0 Å². The SMILES string of the molecule is C.CC.Cc1ccc(C(C)C)c(C)c1. The average Bonchev–Trinajstić information content (AvgIpc) is 2.07. The summed E-state index contributed by atoms with van der Waals surface area (Å²) in [6, 6.07) is 6.66. The van der Waals surface area contributed by atoms with Crippen molar-refractivity contribution in [3.63, 3.8) is 0 Å². The predicted molar refractivity (Wildman–Crippen MR) is 68.1 cm³/mol. The lowest BCUT2D eigenvalue weighted by Gasteiger charge is -2.09. The van der Waals surface area contributed by atoms with Gasteiger partial charge in [0.1, 0.15) is 0 Å². The molecule has 82 valence electrons. The summed E-state index contributed by atoms with van der Waals surface area (Å²) in [5.41, 5.74) is 4.24. The monoisotopic (exact) mass is 194 g/mol. The van der Waals surface area contributed by atoms with Crippen molar-refractivity contribution in [2.24, 2.45) is 0 Å². The van der Waals surface area contributed by atoms with Gasteiger partial charge in [-0.1, -0.05) is 58.9 Å². The average molecular weight is 194 g/mol. The van der Waals surface area contributed by atoms with Crippen LogP contribution in [0.4, 0.5) is 0 Å². The molecule has 0 unspecified atom stereocenters. The highest BCUT2D eigenvalue weighted by atomic mass is 14.1. The Bertz CT molecular complexity index is 246. The third-order valence-electron chi connectivity index (χ3n) is 2.05. The molecule has 0 amide bonds. The topological polar surface area (TPSA) is 0 Å². The van der Waals surface area contributed by atoms with E-state index in [1.807, 2.05) is 13.8 Å². The zero-order valence-corrected chi connectivity index (χ0v) is 9.81. The molecule has 0 spiro atoms. The largest absolute Gasteiger partial charge is 0.0776 e. The molecule has 0 nitrogen and oxygen atoms in total. The summed E-state index contributed by atoms with van der Waals surface area (Å²) in [5, 5.41) is 0. The molecular weight excluding hydrogens is 168 g/mol. The molecule has 0 aliphatic rings. The molecule has 0 heterocycles. The van der Waals surface area contributed by atoms with E-state index >= 15 is 0 Å². The molecule has 0 saturated carbocycles. The smallest absolute Gasteiger partial charge is 0.0216 e. The first-order chi connectivity index (χ1) is 6.11. The second-order valence-corrected chi connectivity index (χ2v) is 3.51. The van der Waals surface area contributed by atoms with Crippen LogP contribution in [0.5, 0.6) is 0 Å². The Labute approximate surface area is 90.4 Å². The first-order valence-corrected chi connectivity index (χ1v) is 5.18. The second kappa shape index (κ2) is 7.61. The van der Waals surface area contributed by atoms with Gasteiger partial charge in [-0.05, 0) is 30.9 Å². The Morgan fingerprint density at radius 2 is 1.50 bits per heavy atom. The maximum atomic E-state index is 2.25. The van der Waals surface area contributed by atoms with E-state index in [-0.39, 0.29) is 7.43 Å². The van der Waals surface area contributed by atoms with Crippen LogP contribution in [0.15, 0.2) is 18.2 Å². The lowest BCUT2D eigenvalue weighted by molar-refractivity contribution is 0.855. The van der Waals surface area contributed by atoms with Gasteiger partial charge in [0.25, 0.3) is 0 Å². The summed E-state index contributed by atoms with van der Waals surface area (Å²) in [4.78, 5) is 0. The molecule has 1 aromatic carbocycles. The first kappa shape index (κ1) is 15.7. The van der Waals surface area contributed by atoms with Crippen LogP contribution < -0.4 is 0 Å². The maximum absolute atomic E-state index is 2.25. The molecule has 0 aliphatic carbocycles. The van der Waals surface area contributed by atoms with E-state index in [1.54, 1.807) is 0 Å². The summed E-state index contributed by atoms with van der Waals surface area (Å²) in [5.74, 6) is 0.649. The predicted octanol–water partition coefficient (Wildman–Crippen LogP) is 5.09. The molecule has 0 heteroatoms. The van der Waals surface area contributed by atoms with Gasteiger partial charge in [0.2, 0.25) is 0 Å². The number of hydrogen-bond donors (Lipinski definition) is 0. The number of hydrogen-bond acceptors (Lipinski definition) is 0. The molecule has 0 aromatic heterocycles. The zero-order valence-electron chi connectivity index (χ0n) is 9.81. The fraction of sp³-hybridized carbons (Fsp3) is 0.571. The van der Waals surface area contributed by atoms with Crippen LogP contribution >= 0.6 is 0 Å². The number of aryl methyl sites for hydroxylation is 2. The molecule has 1 rings (SSSR count). The van der Waals surface area contributed by atoms with E-state index < -0.39 is 0 Å². The normalized spacial score (nSPS) is 8.79. The summed E-state index contributed by atoms with van der Waals surface area (Å²) >= 11 is 0. The highest BCUT2D eigenvalue weighted by Crippen LogP contribution is 2.19. The van der Waals surface area contributed by atoms with E-state index in [4.69, 9.17) is 0 Å². The summed E-state index contributed by atoms with van der Waals surface area (Å²) in [7, 11) is 0. The van der Waals surface area contributed by atoms with E-state index in [9.17, 15) is 0 Å².